The lowest BCUT2D eigenvalue weighted by molar-refractivity contribution is 0.352. The molecule has 2 heteroatoms. The topological polar surface area (TPSA) is 9.23 Å². The fourth-order valence-electron chi connectivity index (χ4n) is 1.81. The Labute approximate surface area is 94.1 Å². The maximum Gasteiger partial charge on any atom is 0.0620 e. The molecule has 0 aromatic heterocycles. The van der Waals surface area contributed by atoms with Gasteiger partial charge in [0, 0.05) is 14.1 Å². The van der Waals surface area contributed by atoms with Gasteiger partial charge in [0.05, 0.1) is 6.10 Å². The molecule has 1 aromatic rings. The Hall–Kier alpha value is -0.390. The molecule has 2 rings (SSSR count). The second kappa shape index (κ2) is 5.09. The van der Waals surface area contributed by atoms with Gasteiger partial charge in [-0.2, -0.15) is 0 Å². The first-order valence-corrected chi connectivity index (χ1v) is 6.78. The molecule has 15 heavy (non-hydrogen) atoms. The molecule has 1 saturated carbocycles. The summed E-state index contributed by atoms with van der Waals surface area (Å²) in [6, 6.07) is 6.62. The molecular formula is C13H19OP. The van der Waals surface area contributed by atoms with E-state index in [1.807, 2.05) is 0 Å². The zero-order chi connectivity index (χ0) is 10.7. The molecule has 0 N–H and O–H groups in total. The van der Waals surface area contributed by atoms with Crippen molar-refractivity contribution in [2.75, 3.05) is 0 Å². The molecule has 1 aliphatic rings. The van der Waals surface area contributed by atoms with Gasteiger partial charge in [-0.1, -0.05) is 32.0 Å². The van der Waals surface area contributed by atoms with E-state index in [-0.39, 0.29) is 0 Å². The highest BCUT2D eigenvalue weighted by Gasteiger charge is 2.22. The van der Waals surface area contributed by atoms with Crippen molar-refractivity contribution in [2.45, 2.75) is 45.6 Å². The summed E-state index contributed by atoms with van der Waals surface area (Å²) in [5.41, 5.74) is 3.00. The summed E-state index contributed by atoms with van der Waals surface area (Å²) in [5, 5.41) is 1.42. The molecule has 1 aliphatic carbocycles. The van der Waals surface area contributed by atoms with Crippen LogP contribution in [0.5, 0.6) is 0 Å². The van der Waals surface area contributed by atoms with Crippen LogP contribution in [0.25, 0.3) is 0 Å². The molecule has 0 heterocycles. The molecule has 0 aliphatic heterocycles. The van der Waals surface area contributed by atoms with Crippen LogP contribution in [-0.2, 0) is 17.4 Å². The van der Waals surface area contributed by atoms with E-state index in [4.69, 9.17) is 4.52 Å². The largest absolute Gasteiger partial charge is 0.354 e. The summed E-state index contributed by atoms with van der Waals surface area (Å²) in [6.07, 6.45) is 5.35. The molecule has 0 radical (unpaired) electrons. The van der Waals surface area contributed by atoms with Crippen molar-refractivity contribution in [1.82, 2.24) is 0 Å². The second-order valence-electron chi connectivity index (χ2n) is 4.07. The molecule has 0 amide bonds. The highest BCUT2D eigenvalue weighted by molar-refractivity contribution is 7.42. The quantitative estimate of drug-likeness (QED) is 0.695. The zero-order valence-electron chi connectivity index (χ0n) is 9.55. The van der Waals surface area contributed by atoms with Gasteiger partial charge < -0.3 is 4.52 Å². The molecule has 1 fully saturated rings. The van der Waals surface area contributed by atoms with Gasteiger partial charge in [0.25, 0.3) is 0 Å². The van der Waals surface area contributed by atoms with Crippen molar-refractivity contribution in [3.05, 3.63) is 29.3 Å². The highest BCUT2D eigenvalue weighted by atomic mass is 31.1. The Morgan fingerprint density at radius 3 is 2.67 bits per heavy atom. The monoisotopic (exact) mass is 222 g/mol. The Balaban J connectivity index is 2.12. The van der Waals surface area contributed by atoms with Gasteiger partial charge >= 0.3 is 0 Å². The molecule has 1 unspecified atom stereocenters. The average molecular weight is 222 g/mol. The highest BCUT2D eigenvalue weighted by Crippen LogP contribution is 2.31. The SMILES string of the molecule is CCc1cccc(POC2CC2)c1CC. The van der Waals surface area contributed by atoms with Gasteiger partial charge in [0.1, 0.15) is 0 Å². The summed E-state index contributed by atoms with van der Waals surface area (Å²) in [7, 11) is 0.552. The Morgan fingerprint density at radius 1 is 1.27 bits per heavy atom. The molecular weight excluding hydrogens is 203 g/mol. The van der Waals surface area contributed by atoms with E-state index < -0.39 is 0 Å². The number of rotatable bonds is 5. The summed E-state index contributed by atoms with van der Waals surface area (Å²) in [6.45, 7) is 4.46. The average Bonchev–Trinajstić information content (AvgIpc) is 3.09. The Kier molecular flexibility index (Phi) is 3.77. The third-order valence-electron chi connectivity index (χ3n) is 2.87. The Bertz CT molecular complexity index is 331. The van der Waals surface area contributed by atoms with Crippen molar-refractivity contribution in [1.29, 1.82) is 0 Å². The van der Waals surface area contributed by atoms with Crippen LogP contribution < -0.4 is 5.30 Å². The van der Waals surface area contributed by atoms with E-state index in [9.17, 15) is 0 Å². The first kappa shape index (κ1) is 11.1. The van der Waals surface area contributed by atoms with Crippen molar-refractivity contribution in [3.63, 3.8) is 0 Å². The lowest BCUT2D eigenvalue weighted by atomic mass is 10.0. The minimum Gasteiger partial charge on any atom is -0.354 e. The Morgan fingerprint density at radius 2 is 2.07 bits per heavy atom. The third-order valence-corrected chi connectivity index (χ3v) is 4.01. The fourth-order valence-corrected chi connectivity index (χ4v) is 2.97. The van der Waals surface area contributed by atoms with Crippen LogP contribution in [0.3, 0.4) is 0 Å². The van der Waals surface area contributed by atoms with E-state index in [0.29, 0.717) is 14.9 Å². The number of benzene rings is 1. The van der Waals surface area contributed by atoms with Crippen LogP contribution >= 0.6 is 8.81 Å². The fraction of sp³-hybridized carbons (Fsp3) is 0.538. The van der Waals surface area contributed by atoms with Crippen LogP contribution in [-0.4, -0.2) is 6.10 Å². The van der Waals surface area contributed by atoms with E-state index >= 15 is 0 Å². The van der Waals surface area contributed by atoms with Gasteiger partial charge in [-0.3, -0.25) is 0 Å². The zero-order valence-corrected chi connectivity index (χ0v) is 10.5. The summed E-state index contributed by atoms with van der Waals surface area (Å²) in [5.74, 6) is 0. The van der Waals surface area contributed by atoms with Crippen LogP contribution in [0.15, 0.2) is 18.2 Å². The van der Waals surface area contributed by atoms with E-state index in [0.717, 1.165) is 12.8 Å². The normalized spacial score (nSPS) is 16.4. The molecule has 1 atom stereocenters. The lowest BCUT2D eigenvalue weighted by Crippen LogP contribution is -2.08. The van der Waals surface area contributed by atoms with E-state index in [2.05, 4.69) is 32.0 Å². The number of aryl methyl sites for hydroxylation is 1. The number of hydrogen-bond acceptors (Lipinski definition) is 1. The minimum atomic E-state index is 0.552. The molecule has 0 spiro atoms. The van der Waals surface area contributed by atoms with Crippen LogP contribution in [0.2, 0.25) is 0 Å². The van der Waals surface area contributed by atoms with Gasteiger partial charge in [0.15, 0.2) is 0 Å². The first-order valence-electron chi connectivity index (χ1n) is 5.87. The van der Waals surface area contributed by atoms with E-state index in [1.54, 1.807) is 0 Å². The lowest BCUT2D eigenvalue weighted by Gasteiger charge is -2.12. The van der Waals surface area contributed by atoms with Crippen LogP contribution in [0.4, 0.5) is 0 Å². The second-order valence-corrected chi connectivity index (χ2v) is 5.05. The molecule has 0 bridgehead atoms. The summed E-state index contributed by atoms with van der Waals surface area (Å²) < 4.78 is 5.81. The first-order chi connectivity index (χ1) is 7.35. The number of hydrogen-bond donors (Lipinski definition) is 0. The molecule has 0 saturated heterocycles. The third kappa shape index (κ3) is 2.80. The van der Waals surface area contributed by atoms with Gasteiger partial charge in [0.2, 0.25) is 0 Å². The predicted octanol–water partition coefficient (Wildman–Crippen LogP) is 3.21. The summed E-state index contributed by atoms with van der Waals surface area (Å²) >= 11 is 0. The van der Waals surface area contributed by atoms with Gasteiger partial charge in [-0.15, -0.1) is 0 Å². The molecule has 1 nitrogen and oxygen atoms in total. The predicted molar refractivity (Wildman–Crippen MR) is 67.3 cm³/mol. The standard InChI is InChI=1S/C13H19OP/c1-3-10-6-5-7-13(12(10)4-2)15-14-11-8-9-11/h5-7,11,15H,3-4,8-9H2,1-2H3. The molecule has 82 valence electrons. The smallest absolute Gasteiger partial charge is 0.0620 e. The van der Waals surface area contributed by atoms with Crippen molar-refractivity contribution >= 4 is 14.1 Å². The summed E-state index contributed by atoms with van der Waals surface area (Å²) in [4.78, 5) is 0. The van der Waals surface area contributed by atoms with Gasteiger partial charge in [-0.25, -0.2) is 0 Å². The maximum absolute atomic E-state index is 5.81. The minimum absolute atomic E-state index is 0.552. The van der Waals surface area contributed by atoms with Crippen molar-refractivity contribution in [2.24, 2.45) is 0 Å². The van der Waals surface area contributed by atoms with Crippen molar-refractivity contribution in [3.8, 4) is 0 Å². The van der Waals surface area contributed by atoms with Crippen molar-refractivity contribution < 1.29 is 4.52 Å². The maximum atomic E-state index is 5.81. The van der Waals surface area contributed by atoms with Crippen LogP contribution in [0, 0.1) is 0 Å². The molecule has 1 aromatic carbocycles. The van der Waals surface area contributed by atoms with Gasteiger partial charge in [-0.05, 0) is 36.8 Å². The van der Waals surface area contributed by atoms with Crippen LogP contribution in [0.1, 0.15) is 37.8 Å². The van der Waals surface area contributed by atoms with E-state index in [1.165, 1.54) is 29.3 Å².